The summed E-state index contributed by atoms with van der Waals surface area (Å²) in [5.41, 5.74) is 2.82. The number of hydrogen-bond acceptors (Lipinski definition) is 3. The molecule has 0 unspecified atom stereocenters. The van der Waals surface area contributed by atoms with Crippen molar-refractivity contribution >= 4 is 17.5 Å². The number of carbonyl (C=O) groups is 1. The zero-order valence-corrected chi connectivity index (χ0v) is 11.5. The van der Waals surface area contributed by atoms with Gasteiger partial charge in [0.05, 0.1) is 5.69 Å². The fourth-order valence-electron chi connectivity index (χ4n) is 2.24. The van der Waals surface area contributed by atoms with Crippen molar-refractivity contribution in [3.05, 3.63) is 41.1 Å². The number of carboxylic acid groups (broad SMARTS) is 1. The number of aryl methyl sites for hydroxylation is 3. The van der Waals surface area contributed by atoms with E-state index in [1.54, 1.807) is 18.7 Å². The van der Waals surface area contributed by atoms with Crippen LogP contribution in [0.3, 0.4) is 0 Å². The summed E-state index contributed by atoms with van der Waals surface area (Å²) in [4.78, 5) is 13.2. The first-order chi connectivity index (χ1) is 8.91. The fraction of sp³-hybridized carbons (Fsp3) is 0.286. The van der Waals surface area contributed by atoms with Gasteiger partial charge in [0.25, 0.3) is 0 Å². The van der Waals surface area contributed by atoms with Crippen LogP contribution < -0.4 is 4.90 Å². The second kappa shape index (κ2) is 4.76. The molecule has 0 bridgehead atoms. The molecular formula is C14H17N3O2. The van der Waals surface area contributed by atoms with E-state index in [-0.39, 0.29) is 5.56 Å². The average molecular weight is 259 g/mol. The van der Waals surface area contributed by atoms with Crippen LogP contribution in [0.5, 0.6) is 0 Å². The van der Waals surface area contributed by atoms with E-state index in [0.29, 0.717) is 11.5 Å². The second-order valence-corrected chi connectivity index (χ2v) is 4.61. The highest BCUT2D eigenvalue weighted by molar-refractivity contribution is 5.95. The van der Waals surface area contributed by atoms with Crippen LogP contribution in [0, 0.1) is 13.8 Å². The van der Waals surface area contributed by atoms with Crippen LogP contribution in [0.4, 0.5) is 11.5 Å². The van der Waals surface area contributed by atoms with E-state index >= 15 is 0 Å². The predicted octanol–water partition coefficient (Wildman–Crippen LogP) is 2.50. The monoisotopic (exact) mass is 259 g/mol. The van der Waals surface area contributed by atoms with Crippen molar-refractivity contribution in [2.24, 2.45) is 7.05 Å². The lowest BCUT2D eigenvalue weighted by Crippen LogP contribution is -2.16. The highest BCUT2D eigenvalue weighted by atomic mass is 16.4. The van der Waals surface area contributed by atoms with Crippen molar-refractivity contribution in [2.75, 3.05) is 11.9 Å². The third-order valence-electron chi connectivity index (χ3n) is 3.11. The lowest BCUT2D eigenvalue weighted by atomic mass is 10.2. The van der Waals surface area contributed by atoms with E-state index in [4.69, 9.17) is 0 Å². The molecule has 0 fully saturated rings. The molecule has 1 N–H and O–H groups in total. The first-order valence-corrected chi connectivity index (χ1v) is 5.99. The van der Waals surface area contributed by atoms with Gasteiger partial charge in [0.1, 0.15) is 11.4 Å². The van der Waals surface area contributed by atoms with Crippen LogP contribution >= 0.6 is 0 Å². The molecule has 1 aromatic carbocycles. The Bertz CT molecular complexity index is 632. The molecule has 2 aromatic rings. The normalized spacial score (nSPS) is 10.5. The topological polar surface area (TPSA) is 58.4 Å². The first kappa shape index (κ1) is 13.1. The third-order valence-corrected chi connectivity index (χ3v) is 3.11. The Morgan fingerprint density at radius 2 is 2.05 bits per heavy atom. The van der Waals surface area contributed by atoms with Gasteiger partial charge in [-0.25, -0.2) is 4.79 Å². The van der Waals surface area contributed by atoms with Gasteiger partial charge in [-0.1, -0.05) is 12.1 Å². The summed E-state index contributed by atoms with van der Waals surface area (Å²) in [5.74, 6) is -0.379. The number of carboxylic acids is 1. The molecule has 1 heterocycles. The summed E-state index contributed by atoms with van der Waals surface area (Å²) >= 11 is 0. The molecule has 1 aromatic heterocycles. The molecule has 0 aliphatic rings. The van der Waals surface area contributed by atoms with E-state index in [9.17, 15) is 9.90 Å². The van der Waals surface area contributed by atoms with Gasteiger partial charge in [0, 0.05) is 19.8 Å². The molecule has 19 heavy (non-hydrogen) atoms. The van der Waals surface area contributed by atoms with Crippen LogP contribution in [0.25, 0.3) is 0 Å². The number of nitrogens with zero attached hydrogens (tertiary/aromatic N) is 3. The highest BCUT2D eigenvalue weighted by Crippen LogP contribution is 2.29. The van der Waals surface area contributed by atoms with Gasteiger partial charge >= 0.3 is 5.97 Å². The third kappa shape index (κ3) is 2.31. The number of benzene rings is 1. The van der Waals surface area contributed by atoms with Crippen molar-refractivity contribution < 1.29 is 9.90 Å². The van der Waals surface area contributed by atoms with Crippen LogP contribution in [0.15, 0.2) is 24.3 Å². The number of hydrogen-bond donors (Lipinski definition) is 1. The second-order valence-electron chi connectivity index (χ2n) is 4.61. The number of rotatable bonds is 3. The predicted molar refractivity (Wildman–Crippen MR) is 74.1 cm³/mol. The average Bonchev–Trinajstić information content (AvgIpc) is 2.63. The molecule has 5 nitrogen and oxygen atoms in total. The molecule has 0 aliphatic heterocycles. The van der Waals surface area contributed by atoms with Gasteiger partial charge in [-0.2, -0.15) is 5.10 Å². The fourth-order valence-corrected chi connectivity index (χ4v) is 2.24. The minimum absolute atomic E-state index is 0.242. The zero-order chi connectivity index (χ0) is 14.2. The standard InChI is InChI=1S/C14H17N3O2/c1-9-6-5-7-11(8-9)16(3)13-12(14(18)19)10(2)15-17(13)4/h5-8H,1-4H3,(H,18,19). The zero-order valence-electron chi connectivity index (χ0n) is 11.5. The summed E-state index contributed by atoms with van der Waals surface area (Å²) in [6.45, 7) is 3.71. The van der Waals surface area contributed by atoms with Gasteiger partial charge in [0.2, 0.25) is 0 Å². The summed E-state index contributed by atoms with van der Waals surface area (Å²) in [6.07, 6.45) is 0. The molecule has 0 radical (unpaired) electrons. The Balaban J connectivity index is 2.55. The van der Waals surface area contributed by atoms with Gasteiger partial charge in [0.15, 0.2) is 0 Å². The van der Waals surface area contributed by atoms with Gasteiger partial charge in [-0.05, 0) is 31.5 Å². The van der Waals surface area contributed by atoms with E-state index in [1.165, 1.54) is 0 Å². The SMILES string of the molecule is Cc1cccc(N(C)c2c(C(=O)O)c(C)nn2C)c1. The Kier molecular flexibility index (Phi) is 3.29. The van der Waals surface area contributed by atoms with Gasteiger partial charge in [-0.15, -0.1) is 0 Å². The lowest BCUT2D eigenvalue weighted by molar-refractivity contribution is 0.0697. The largest absolute Gasteiger partial charge is 0.477 e. The van der Waals surface area contributed by atoms with Crippen LogP contribution in [-0.2, 0) is 7.05 Å². The Morgan fingerprint density at radius 1 is 1.37 bits per heavy atom. The summed E-state index contributed by atoms with van der Waals surface area (Å²) in [7, 11) is 3.60. The maximum atomic E-state index is 11.4. The van der Waals surface area contributed by atoms with Crippen molar-refractivity contribution in [3.8, 4) is 0 Å². The van der Waals surface area contributed by atoms with Crippen LogP contribution in [0.1, 0.15) is 21.6 Å². The van der Waals surface area contributed by atoms with E-state index in [2.05, 4.69) is 5.10 Å². The maximum Gasteiger partial charge on any atom is 0.341 e. The molecule has 5 heteroatoms. The van der Waals surface area contributed by atoms with Crippen LogP contribution in [0.2, 0.25) is 0 Å². The van der Waals surface area contributed by atoms with Crippen molar-refractivity contribution in [1.29, 1.82) is 0 Å². The van der Waals surface area contributed by atoms with E-state index in [0.717, 1.165) is 11.3 Å². The maximum absolute atomic E-state index is 11.4. The molecule has 0 aliphatic carbocycles. The first-order valence-electron chi connectivity index (χ1n) is 5.99. The highest BCUT2D eigenvalue weighted by Gasteiger charge is 2.23. The molecule has 0 spiro atoms. The lowest BCUT2D eigenvalue weighted by Gasteiger charge is -2.20. The smallest absolute Gasteiger partial charge is 0.341 e. The molecule has 0 saturated carbocycles. The number of anilines is 2. The van der Waals surface area contributed by atoms with E-state index in [1.807, 2.05) is 43.1 Å². The van der Waals surface area contributed by atoms with Crippen molar-refractivity contribution in [2.45, 2.75) is 13.8 Å². The molecule has 100 valence electrons. The van der Waals surface area contributed by atoms with Crippen molar-refractivity contribution in [1.82, 2.24) is 9.78 Å². The van der Waals surface area contributed by atoms with Crippen LogP contribution in [-0.4, -0.2) is 27.9 Å². The summed E-state index contributed by atoms with van der Waals surface area (Å²) in [5, 5.41) is 13.5. The Hall–Kier alpha value is -2.30. The molecule has 0 saturated heterocycles. The summed E-state index contributed by atoms with van der Waals surface area (Å²) in [6, 6.07) is 7.91. The minimum Gasteiger partial charge on any atom is -0.477 e. The quantitative estimate of drug-likeness (QED) is 0.920. The Morgan fingerprint density at radius 3 is 2.63 bits per heavy atom. The Labute approximate surface area is 112 Å². The van der Waals surface area contributed by atoms with Gasteiger partial charge in [-0.3, -0.25) is 4.68 Å². The molecule has 0 amide bonds. The van der Waals surface area contributed by atoms with Crippen molar-refractivity contribution in [3.63, 3.8) is 0 Å². The molecule has 2 rings (SSSR count). The van der Waals surface area contributed by atoms with Gasteiger partial charge < -0.3 is 10.0 Å². The number of aromatic nitrogens is 2. The minimum atomic E-state index is -0.958. The van der Waals surface area contributed by atoms with E-state index < -0.39 is 5.97 Å². The molecular weight excluding hydrogens is 242 g/mol. The number of aromatic carboxylic acids is 1. The molecule has 0 atom stereocenters. The summed E-state index contributed by atoms with van der Waals surface area (Å²) < 4.78 is 1.60.